The van der Waals surface area contributed by atoms with Gasteiger partial charge in [-0.1, -0.05) is 0 Å². The number of ether oxygens (including phenoxy) is 3. The van der Waals surface area contributed by atoms with E-state index in [0.717, 1.165) is 0 Å². The Labute approximate surface area is 234 Å². The molecule has 1 aliphatic carbocycles. The summed E-state index contributed by atoms with van der Waals surface area (Å²) in [4.78, 5) is 30.9. The van der Waals surface area contributed by atoms with Crippen LogP contribution in [0.4, 0.5) is 5.82 Å². The third-order valence-electron chi connectivity index (χ3n) is 7.56. The molecule has 3 aromatic rings. The summed E-state index contributed by atoms with van der Waals surface area (Å²) >= 11 is 0. The van der Waals surface area contributed by atoms with Gasteiger partial charge in [0.15, 0.2) is 5.78 Å². The number of aromatic hydroxyl groups is 1. The number of phenols is 1. The van der Waals surface area contributed by atoms with Crippen molar-refractivity contribution in [2.75, 3.05) is 19.5 Å². The van der Waals surface area contributed by atoms with Crippen LogP contribution in [0.5, 0.6) is 17.2 Å². The number of carbonyl (C=O) groups is 2. The summed E-state index contributed by atoms with van der Waals surface area (Å²) in [5.41, 5.74) is 4.46. The number of nitrogen functional groups attached to an aromatic ring is 1. The number of aliphatic hydroxyl groups excluding tert-OH is 3. The molecule has 1 aromatic heterocycles. The summed E-state index contributed by atoms with van der Waals surface area (Å²) < 4.78 is 16.9. The van der Waals surface area contributed by atoms with E-state index in [1.165, 1.54) is 37.6 Å². The summed E-state index contributed by atoms with van der Waals surface area (Å²) in [6, 6.07) is 8.78. The van der Waals surface area contributed by atoms with Crippen molar-refractivity contribution >= 4 is 17.4 Å². The molecule has 41 heavy (non-hydrogen) atoms. The highest BCUT2D eigenvalue weighted by Crippen LogP contribution is 2.42. The number of pyridine rings is 1. The Balaban J connectivity index is 1.47. The Hall–Kier alpha value is -4.07. The number of nitrogens with zero attached hydrogens (tertiary/aromatic N) is 1. The van der Waals surface area contributed by atoms with Crippen molar-refractivity contribution in [3.05, 3.63) is 76.0 Å². The average Bonchev–Trinajstić information content (AvgIpc) is 2.94. The molecule has 12 heteroatoms. The van der Waals surface area contributed by atoms with E-state index in [2.05, 4.69) is 4.98 Å². The molecule has 0 radical (unpaired) electrons. The number of fused-ring (bicyclic) bond motifs is 2. The Bertz CT molecular complexity index is 1520. The summed E-state index contributed by atoms with van der Waals surface area (Å²) in [6.07, 6.45) is -5.19. The number of aromatic nitrogens is 1. The van der Waals surface area contributed by atoms with Crippen molar-refractivity contribution in [1.82, 2.24) is 4.98 Å². The van der Waals surface area contributed by atoms with Crippen molar-refractivity contribution in [3.63, 3.8) is 0 Å². The van der Waals surface area contributed by atoms with E-state index < -0.39 is 48.4 Å². The van der Waals surface area contributed by atoms with Crippen molar-refractivity contribution in [3.8, 4) is 17.2 Å². The molecule has 0 amide bonds. The summed E-state index contributed by atoms with van der Waals surface area (Å²) in [6.45, 7) is 0.929. The Kier molecular flexibility index (Phi) is 7.45. The molecule has 5 rings (SSSR count). The number of benzene rings is 2. The fraction of sp³-hybridized carbons (Fsp3) is 0.345. The SMILES string of the molecule is COc1cc(O[C@@H]2O[C@H](CO)[C@](O)(CCc3ccnc(N)c3)[C@H](O)[C@H]2O)c2c(c1)C(=O)c1cc(C)cc(O)c1C2=O. The molecule has 1 saturated heterocycles. The number of hydrogen-bond acceptors (Lipinski definition) is 12. The Morgan fingerprint density at radius 1 is 1.07 bits per heavy atom. The molecule has 0 spiro atoms. The third kappa shape index (κ3) is 4.89. The van der Waals surface area contributed by atoms with Gasteiger partial charge in [-0.3, -0.25) is 9.59 Å². The van der Waals surface area contributed by atoms with Crippen LogP contribution in [0.3, 0.4) is 0 Å². The maximum absolute atomic E-state index is 13.6. The molecule has 2 aliphatic rings. The smallest absolute Gasteiger partial charge is 0.229 e. The highest BCUT2D eigenvalue weighted by molar-refractivity contribution is 6.30. The van der Waals surface area contributed by atoms with Crippen LogP contribution in [0.2, 0.25) is 0 Å². The number of ketones is 2. The van der Waals surface area contributed by atoms with Gasteiger partial charge in [0.1, 0.15) is 47.0 Å². The average molecular weight is 567 g/mol. The molecule has 0 unspecified atom stereocenters. The standard InChI is InChI=1S/C29H30N2O10/c1-13-7-16-22(18(33)8-13)25(35)23-17(24(16)34)10-15(39-2)11-19(23)40-28-26(36)27(37)29(38,20(12-32)41-28)5-3-14-4-6-31-21(30)9-14/h4,6-11,20,26-28,32-33,36-38H,3,5,12H2,1-2H3,(H2,30,31)/t20-,26-,27-,28-,29-/m1/s1. The van der Waals surface area contributed by atoms with Crippen molar-refractivity contribution < 1.29 is 49.3 Å². The van der Waals surface area contributed by atoms with Crippen LogP contribution >= 0.6 is 0 Å². The number of hydrogen-bond donors (Lipinski definition) is 6. The van der Waals surface area contributed by atoms with Gasteiger partial charge >= 0.3 is 0 Å². The van der Waals surface area contributed by atoms with Crippen LogP contribution in [0, 0.1) is 6.92 Å². The summed E-state index contributed by atoms with van der Waals surface area (Å²) in [5.74, 6) is -1.45. The van der Waals surface area contributed by atoms with Gasteiger partial charge in [0, 0.05) is 23.4 Å². The van der Waals surface area contributed by atoms with E-state index in [9.17, 15) is 35.1 Å². The molecule has 7 N–H and O–H groups in total. The molecule has 0 saturated carbocycles. The maximum Gasteiger partial charge on any atom is 0.229 e. The predicted molar refractivity (Wildman–Crippen MR) is 143 cm³/mol. The zero-order chi connectivity index (χ0) is 29.6. The number of nitrogens with two attached hydrogens (primary N) is 1. The van der Waals surface area contributed by atoms with Gasteiger partial charge in [-0.05, 0) is 61.2 Å². The van der Waals surface area contributed by atoms with E-state index in [-0.39, 0.29) is 58.2 Å². The number of carbonyl (C=O) groups excluding carboxylic acids is 2. The van der Waals surface area contributed by atoms with Gasteiger partial charge in [0.05, 0.1) is 24.8 Å². The topological polar surface area (TPSA) is 202 Å². The van der Waals surface area contributed by atoms with Crippen LogP contribution in [0.25, 0.3) is 0 Å². The summed E-state index contributed by atoms with van der Waals surface area (Å²) in [5, 5.41) is 53.9. The Morgan fingerprint density at radius 3 is 2.49 bits per heavy atom. The molecule has 2 heterocycles. The minimum atomic E-state index is -2.09. The largest absolute Gasteiger partial charge is 0.507 e. The molecule has 216 valence electrons. The van der Waals surface area contributed by atoms with E-state index in [4.69, 9.17) is 19.9 Å². The minimum Gasteiger partial charge on any atom is -0.507 e. The lowest BCUT2D eigenvalue weighted by atomic mass is 9.80. The van der Waals surface area contributed by atoms with Crippen molar-refractivity contribution in [2.24, 2.45) is 0 Å². The first-order chi connectivity index (χ1) is 19.5. The Morgan fingerprint density at radius 2 is 1.80 bits per heavy atom. The van der Waals surface area contributed by atoms with Gasteiger partial charge in [-0.15, -0.1) is 0 Å². The number of phenolic OH excluding ortho intramolecular Hbond substituents is 1. The molecular formula is C29H30N2O10. The first kappa shape index (κ1) is 28.5. The van der Waals surface area contributed by atoms with E-state index in [1.54, 1.807) is 19.1 Å². The van der Waals surface area contributed by atoms with Gasteiger partial charge in [-0.25, -0.2) is 4.98 Å². The fourth-order valence-corrected chi connectivity index (χ4v) is 5.39. The zero-order valence-corrected chi connectivity index (χ0v) is 22.3. The highest BCUT2D eigenvalue weighted by atomic mass is 16.7. The minimum absolute atomic E-state index is 0.0185. The maximum atomic E-state index is 13.6. The molecule has 12 nitrogen and oxygen atoms in total. The first-order valence-electron chi connectivity index (χ1n) is 12.9. The lowest BCUT2D eigenvalue weighted by molar-refractivity contribution is -0.314. The monoisotopic (exact) mass is 566 g/mol. The zero-order valence-electron chi connectivity index (χ0n) is 22.3. The van der Waals surface area contributed by atoms with Gasteiger partial charge in [0.2, 0.25) is 12.1 Å². The highest BCUT2D eigenvalue weighted by Gasteiger charge is 2.55. The second-order valence-corrected chi connectivity index (χ2v) is 10.2. The number of aliphatic hydroxyl groups is 4. The fourth-order valence-electron chi connectivity index (χ4n) is 5.39. The van der Waals surface area contributed by atoms with Crippen LogP contribution in [0.1, 0.15) is 49.4 Å². The number of methoxy groups -OCH3 is 1. The van der Waals surface area contributed by atoms with Crippen molar-refractivity contribution in [1.29, 1.82) is 0 Å². The quantitative estimate of drug-likeness (QED) is 0.183. The molecule has 5 atom stereocenters. The van der Waals surface area contributed by atoms with E-state index in [1.807, 2.05) is 0 Å². The van der Waals surface area contributed by atoms with Crippen LogP contribution < -0.4 is 15.2 Å². The van der Waals surface area contributed by atoms with E-state index >= 15 is 0 Å². The van der Waals surface area contributed by atoms with E-state index in [0.29, 0.717) is 11.1 Å². The second kappa shape index (κ2) is 10.7. The number of anilines is 1. The molecule has 2 aromatic carbocycles. The molecule has 1 aliphatic heterocycles. The number of aryl methyl sites for hydroxylation is 2. The predicted octanol–water partition coefficient (Wildman–Crippen LogP) is 0.644. The van der Waals surface area contributed by atoms with Crippen LogP contribution in [-0.4, -0.2) is 86.0 Å². The van der Waals surface area contributed by atoms with Crippen LogP contribution in [0.15, 0.2) is 42.6 Å². The lowest BCUT2D eigenvalue weighted by Gasteiger charge is -2.47. The normalized spacial score (nSPS) is 25.4. The second-order valence-electron chi connectivity index (χ2n) is 10.2. The lowest BCUT2D eigenvalue weighted by Crippen LogP contribution is -2.68. The summed E-state index contributed by atoms with van der Waals surface area (Å²) in [7, 11) is 1.35. The third-order valence-corrected chi connectivity index (χ3v) is 7.56. The van der Waals surface area contributed by atoms with Gasteiger partial charge < -0.3 is 45.5 Å². The van der Waals surface area contributed by atoms with Gasteiger partial charge in [0.25, 0.3) is 0 Å². The molecule has 1 fully saturated rings. The van der Waals surface area contributed by atoms with Gasteiger partial charge in [-0.2, -0.15) is 0 Å². The molecule has 0 bridgehead atoms. The van der Waals surface area contributed by atoms with Crippen molar-refractivity contribution in [2.45, 2.75) is 50.0 Å². The van der Waals surface area contributed by atoms with Crippen LogP contribution in [-0.2, 0) is 11.2 Å². The number of rotatable bonds is 7. The first-order valence-corrected chi connectivity index (χ1v) is 12.9. The molecular weight excluding hydrogens is 536 g/mol.